The van der Waals surface area contributed by atoms with Gasteiger partial charge in [-0.1, -0.05) is 24.3 Å². The van der Waals surface area contributed by atoms with Crippen molar-refractivity contribution in [1.29, 1.82) is 0 Å². The van der Waals surface area contributed by atoms with E-state index in [1.807, 2.05) is 67.8 Å². The van der Waals surface area contributed by atoms with Crippen LogP contribution in [0.1, 0.15) is 31.1 Å². The van der Waals surface area contributed by atoms with E-state index in [0.29, 0.717) is 5.56 Å². The fourth-order valence-electron chi connectivity index (χ4n) is 2.35. The van der Waals surface area contributed by atoms with Crippen LogP contribution in [0.4, 0.5) is 0 Å². The standard InChI is InChI=1S/C17H17NO2/c1-17(2,3)20-16(19)13-10-11-18-14-7-5-4-6-12(14)8-9-15(13)18/h4-11H,1-3H3. The minimum atomic E-state index is -0.484. The molecule has 0 radical (unpaired) electrons. The fourth-order valence-corrected chi connectivity index (χ4v) is 2.35. The largest absolute Gasteiger partial charge is 0.456 e. The summed E-state index contributed by atoms with van der Waals surface area (Å²) in [6.45, 7) is 5.62. The molecule has 0 unspecified atom stereocenters. The van der Waals surface area contributed by atoms with Gasteiger partial charge in [-0.3, -0.25) is 0 Å². The monoisotopic (exact) mass is 267 g/mol. The molecule has 3 heteroatoms. The summed E-state index contributed by atoms with van der Waals surface area (Å²) in [6, 6.07) is 13.9. The van der Waals surface area contributed by atoms with Gasteiger partial charge < -0.3 is 9.14 Å². The first-order valence-corrected chi connectivity index (χ1v) is 6.68. The normalized spacial score (nSPS) is 11.9. The topological polar surface area (TPSA) is 30.7 Å². The van der Waals surface area contributed by atoms with E-state index in [4.69, 9.17) is 4.74 Å². The molecule has 0 aliphatic carbocycles. The third-order valence-electron chi connectivity index (χ3n) is 3.16. The molecule has 0 atom stereocenters. The Bertz CT molecular complexity index is 793. The minimum Gasteiger partial charge on any atom is -0.456 e. The number of ether oxygens (including phenoxy) is 1. The highest BCUT2D eigenvalue weighted by Crippen LogP contribution is 2.22. The van der Waals surface area contributed by atoms with E-state index in [9.17, 15) is 4.79 Å². The highest BCUT2D eigenvalue weighted by atomic mass is 16.6. The second-order valence-corrected chi connectivity index (χ2v) is 5.88. The van der Waals surface area contributed by atoms with Crippen molar-refractivity contribution in [3.8, 4) is 0 Å². The van der Waals surface area contributed by atoms with Crippen molar-refractivity contribution >= 4 is 22.4 Å². The summed E-state index contributed by atoms with van der Waals surface area (Å²) < 4.78 is 7.47. The third-order valence-corrected chi connectivity index (χ3v) is 3.16. The Morgan fingerprint density at radius 3 is 2.50 bits per heavy atom. The number of benzene rings is 1. The lowest BCUT2D eigenvalue weighted by Gasteiger charge is -2.19. The summed E-state index contributed by atoms with van der Waals surface area (Å²) in [5.41, 5.74) is 2.07. The molecule has 2 aromatic heterocycles. The number of hydrogen-bond acceptors (Lipinski definition) is 2. The molecule has 20 heavy (non-hydrogen) atoms. The Labute approximate surface area is 117 Å². The Balaban J connectivity index is 2.15. The first kappa shape index (κ1) is 12.7. The zero-order valence-electron chi connectivity index (χ0n) is 11.9. The van der Waals surface area contributed by atoms with Crippen LogP contribution in [0, 0.1) is 0 Å². The summed E-state index contributed by atoms with van der Waals surface area (Å²) in [5.74, 6) is -0.282. The summed E-state index contributed by atoms with van der Waals surface area (Å²) in [5, 5.41) is 1.14. The summed E-state index contributed by atoms with van der Waals surface area (Å²) in [6.07, 6.45) is 1.91. The van der Waals surface area contributed by atoms with E-state index in [2.05, 4.69) is 6.07 Å². The Kier molecular flexibility index (Phi) is 2.78. The second kappa shape index (κ2) is 4.37. The van der Waals surface area contributed by atoms with Gasteiger partial charge in [0.1, 0.15) is 5.60 Å². The molecular formula is C17H17NO2. The molecule has 0 amide bonds. The number of fused-ring (bicyclic) bond motifs is 3. The number of aromatic nitrogens is 1. The van der Waals surface area contributed by atoms with Crippen LogP contribution in [0.5, 0.6) is 0 Å². The Morgan fingerprint density at radius 2 is 1.75 bits per heavy atom. The van der Waals surface area contributed by atoms with Crippen LogP contribution in [-0.2, 0) is 4.74 Å². The number of pyridine rings is 1. The van der Waals surface area contributed by atoms with Gasteiger partial charge in [0.05, 0.1) is 16.6 Å². The van der Waals surface area contributed by atoms with Crippen LogP contribution in [-0.4, -0.2) is 16.0 Å². The molecule has 0 aliphatic heterocycles. The number of nitrogens with zero attached hydrogens (tertiary/aromatic N) is 1. The highest BCUT2D eigenvalue weighted by molar-refractivity contribution is 5.99. The van der Waals surface area contributed by atoms with Crippen molar-refractivity contribution in [3.63, 3.8) is 0 Å². The van der Waals surface area contributed by atoms with E-state index >= 15 is 0 Å². The van der Waals surface area contributed by atoms with Crippen LogP contribution in [0.2, 0.25) is 0 Å². The van der Waals surface area contributed by atoms with Gasteiger partial charge in [0, 0.05) is 6.20 Å². The number of carbonyl (C=O) groups excluding carboxylic acids is 1. The third kappa shape index (κ3) is 2.16. The summed E-state index contributed by atoms with van der Waals surface area (Å²) in [4.78, 5) is 12.2. The van der Waals surface area contributed by atoms with Crippen molar-refractivity contribution in [2.45, 2.75) is 26.4 Å². The number of rotatable bonds is 1. The maximum Gasteiger partial charge on any atom is 0.340 e. The summed E-state index contributed by atoms with van der Waals surface area (Å²) in [7, 11) is 0. The number of carbonyl (C=O) groups is 1. The maximum absolute atomic E-state index is 12.2. The van der Waals surface area contributed by atoms with Gasteiger partial charge in [-0.25, -0.2) is 4.79 Å². The zero-order valence-corrected chi connectivity index (χ0v) is 11.9. The zero-order chi connectivity index (χ0) is 14.3. The van der Waals surface area contributed by atoms with Crippen molar-refractivity contribution in [2.24, 2.45) is 0 Å². The molecule has 0 N–H and O–H groups in total. The van der Waals surface area contributed by atoms with E-state index < -0.39 is 5.60 Å². The smallest absolute Gasteiger partial charge is 0.340 e. The Hall–Kier alpha value is -2.29. The molecule has 1 aromatic carbocycles. The van der Waals surface area contributed by atoms with Crippen molar-refractivity contribution in [1.82, 2.24) is 4.40 Å². The lowest BCUT2D eigenvalue weighted by Crippen LogP contribution is -2.23. The van der Waals surface area contributed by atoms with E-state index in [-0.39, 0.29) is 5.97 Å². The predicted molar refractivity (Wildman–Crippen MR) is 80.1 cm³/mol. The number of esters is 1. The molecule has 3 aromatic rings. The SMILES string of the molecule is CC(C)(C)OC(=O)c1ccn2c1ccc1ccccc12. The molecule has 0 spiro atoms. The average molecular weight is 267 g/mol. The van der Waals surface area contributed by atoms with Gasteiger partial charge in [0.15, 0.2) is 0 Å². The van der Waals surface area contributed by atoms with Gasteiger partial charge in [0.25, 0.3) is 0 Å². The second-order valence-electron chi connectivity index (χ2n) is 5.88. The van der Waals surface area contributed by atoms with Crippen LogP contribution in [0.15, 0.2) is 48.7 Å². The molecular weight excluding hydrogens is 250 g/mol. The molecule has 0 saturated carbocycles. The molecule has 3 nitrogen and oxygen atoms in total. The van der Waals surface area contributed by atoms with Gasteiger partial charge in [-0.15, -0.1) is 0 Å². The van der Waals surface area contributed by atoms with Gasteiger partial charge in [-0.05, 0) is 44.4 Å². The molecule has 0 bridgehead atoms. The minimum absolute atomic E-state index is 0.282. The number of para-hydroxylation sites is 1. The van der Waals surface area contributed by atoms with Crippen LogP contribution in [0.25, 0.3) is 16.4 Å². The molecule has 0 fully saturated rings. The lowest BCUT2D eigenvalue weighted by molar-refractivity contribution is 0.00720. The van der Waals surface area contributed by atoms with E-state index in [1.165, 1.54) is 0 Å². The Morgan fingerprint density at radius 1 is 1.00 bits per heavy atom. The van der Waals surface area contributed by atoms with Gasteiger partial charge >= 0.3 is 5.97 Å². The molecule has 102 valence electrons. The first-order chi connectivity index (χ1) is 9.46. The first-order valence-electron chi connectivity index (χ1n) is 6.68. The van der Waals surface area contributed by atoms with Crippen LogP contribution >= 0.6 is 0 Å². The number of hydrogen-bond donors (Lipinski definition) is 0. The molecule has 2 heterocycles. The van der Waals surface area contributed by atoms with Crippen molar-refractivity contribution in [2.75, 3.05) is 0 Å². The molecule has 0 saturated heterocycles. The van der Waals surface area contributed by atoms with Crippen LogP contribution in [0.3, 0.4) is 0 Å². The molecule has 0 aliphatic rings. The quantitative estimate of drug-likeness (QED) is 0.623. The summed E-state index contributed by atoms with van der Waals surface area (Å²) >= 11 is 0. The van der Waals surface area contributed by atoms with E-state index in [0.717, 1.165) is 16.4 Å². The predicted octanol–water partition coefficient (Wildman–Crippen LogP) is 4.05. The highest BCUT2D eigenvalue weighted by Gasteiger charge is 2.20. The fraction of sp³-hybridized carbons (Fsp3) is 0.235. The van der Waals surface area contributed by atoms with E-state index in [1.54, 1.807) is 0 Å². The van der Waals surface area contributed by atoms with Crippen LogP contribution < -0.4 is 0 Å². The lowest BCUT2D eigenvalue weighted by atomic mass is 10.1. The van der Waals surface area contributed by atoms with Crippen molar-refractivity contribution < 1.29 is 9.53 Å². The van der Waals surface area contributed by atoms with Gasteiger partial charge in [0.2, 0.25) is 0 Å². The van der Waals surface area contributed by atoms with Crippen molar-refractivity contribution in [3.05, 3.63) is 54.2 Å². The van der Waals surface area contributed by atoms with Gasteiger partial charge in [-0.2, -0.15) is 0 Å². The average Bonchev–Trinajstić information content (AvgIpc) is 2.81. The maximum atomic E-state index is 12.2. The molecule has 3 rings (SSSR count).